The van der Waals surface area contributed by atoms with Gasteiger partial charge >= 0.3 is 0 Å². The first-order valence-electron chi connectivity index (χ1n) is 8.60. The van der Waals surface area contributed by atoms with Gasteiger partial charge in [-0.3, -0.25) is 0 Å². The minimum atomic E-state index is -1.08. The van der Waals surface area contributed by atoms with E-state index >= 15 is 0 Å². The largest absolute Gasteiger partial charge is 0.550 e. The molecule has 0 amide bonds. The predicted octanol–water partition coefficient (Wildman–Crippen LogP) is 1.95. The maximum atomic E-state index is 8.89. The molecular weight excluding hydrogens is 250 g/mol. The van der Waals surface area contributed by atoms with Gasteiger partial charge in [0.1, 0.15) is 0 Å². The number of carboxylic acid groups (broad SMARTS) is 1. The van der Waals surface area contributed by atoms with Crippen molar-refractivity contribution in [3.05, 3.63) is 0 Å². The molecule has 1 saturated heterocycles. The Kier molecular flexibility index (Phi) is 13.0. The van der Waals surface area contributed by atoms with E-state index < -0.39 is 5.97 Å². The smallest absolute Gasteiger partial charge is 0.0848 e. The molecule has 0 radical (unpaired) electrons. The highest BCUT2D eigenvalue weighted by atomic mass is 16.4. The van der Waals surface area contributed by atoms with Gasteiger partial charge < -0.3 is 14.8 Å². The van der Waals surface area contributed by atoms with Crippen LogP contribution in [0.3, 0.4) is 0 Å². The second-order valence-electron chi connectivity index (χ2n) is 6.17. The maximum absolute atomic E-state index is 8.89. The van der Waals surface area contributed by atoms with Gasteiger partial charge in [-0.15, -0.1) is 0 Å². The lowest BCUT2D eigenvalue weighted by molar-refractivity contribution is -0.910. The van der Waals surface area contributed by atoms with Crippen molar-refractivity contribution in [2.75, 3.05) is 13.1 Å². The van der Waals surface area contributed by atoms with Crippen molar-refractivity contribution in [3.8, 4) is 0 Å². The molecule has 3 nitrogen and oxygen atoms in total. The number of quaternary nitrogens is 1. The Morgan fingerprint density at radius 1 is 1.10 bits per heavy atom. The Hall–Kier alpha value is -0.570. The molecule has 1 heterocycles. The van der Waals surface area contributed by atoms with E-state index in [9.17, 15) is 0 Å². The van der Waals surface area contributed by atoms with Crippen molar-refractivity contribution < 1.29 is 14.8 Å². The van der Waals surface area contributed by atoms with E-state index in [1.165, 1.54) is 77.3 Å². The number of hydrogen-bond donors (Lipinski definition) is 1. The molecule has 0 aromatic heterocycles. The fourth-order valence-electron chi connectivity index (χ4n) is 2.94. The highest BCUT2D eigenvalue weighted by Gasteiger charge is 2.22. The molecule has 0 bridgehead atoms. The number of aliphatic carboxylic acids is 1. The van der Waals surface area contributed by atoms with Crippen LogP contribution in [-0.4, -0.2) is 25.1 Å². The summed E-state index contributed by atoms with van der Waals surface area (Å²) in [5.74, 6) is -1.08. The zero-order valence-corrected chi connectivity index (χ0v) is 13.9. The Balaban J connectivity index is 0.000000796. The fourth-order valence-corrected chi connectivity index (χ4v) is 2.94. The van der Waals surface area contributed by atoms with Crippen LogP contribution in [-0.2, 0) is 4.79 Å². The zero-order chi connectivity index (χ0) is 15.2. The number of hydrogen-bond acceptors (Lipinski definition) is 2. The van der Waals surface area contributed by atoms with E-state index in [1.54, 1.807) is 0 Å². The Morgan fingerprint density at radius 3 is 2.05 bits per heavy atom. The van der Waals surface area contributed by atoms with Gasteiger partial charge in [-0.1, -0.05) is 45.4 Å². The molecule has 1 fully saturated rings. The lowest BCUT2D eigenvalue weighted by Crippen LogP contribution is -3.13. The number of rotatable bonds is 9. The monoisotopic (exact) mass is 285 g/mol. The van der Waals surface area contributed by atoms with E-state index in [4.69, 9.17) is 9.90 Å². The third kappa shape index (κ3) is 12.5. The molecule has 1 N–H and O–H groups in total. The number of nitrogens with one attached hydrogen (secondary N) is 1. The normalized spacial score (nSPS) is 21.4. The average Bonchev–Trinajstić information content (AvgIpc) is 2.78. The van der Waals surface area contributed by atoms with Crippen LogP contribution in [0.1, 0.15) is 85.0 Å². The van der Waals surface area contributed by atoms with Gasteiger partial charge in [0, 0.05) is 18.8 Å². The van der Waals surface area contributed by atoms with Crippen LogP contribution in [0.5, 0.6) is 0 Å². The molecule has 0 aromatic rings. The lowest BCUT2D eigenvalue weighted by atomic mass is 10.1. The van der Waals surface area contributed by atoms with E-state index in [-0.39, 0.29) is 0 Å². The molecule has 1 aliphatic rings. The Bertz CT molecular complexity index is 227. The first kappa shape index (κ1) is 19.4. The molecule has 1 aliphatic heterocycles. The van der Waals surface area contributed by atoms with Crippen LogP contribution in [0.2, 0.25) is 0 Å². The molecule has 3 heteroatoms. The summed E-state index contributed by atoms with van der Waals surface area (Å²) in [6.45, 7) is 8.57. The lowest BCUT2D eigenvalue weighted by Gasteiger charge is -2.17. The van der Waals surface area contributed by atoms with Crippen molar-refractivity contribution in [3.63, 3.8) is 0 Å². The topological polar surface area (TPSA) is 44.6 Å². The van der Waals surface area contributed by atoms with Crippen molar-refractivity contribution >= 4 is 5.97 Å². The summed E-state index contributed by atoms with van der Waals surface area (Å²) in [6.07, 6.45) is 14.6. The van der Waals surface area contributed by atoms with Crippen molar-refractivity contribution in [1.82, 2.24) is 0 Å². The first-order valence-corrected chi connectivity index (χ1v) is 8.60. The van der Waals surface area contributed by atoms with E-state index in [0.29, 0.717) is 0 Å². The summed E-state index contributed by atoms with van der Waals surface area (Å²) >= 11 is 0. The van der Waals surface area contributed by atoms with Crippen LogP contribution in [0.4, 0.5) is 0 Å². The molecule has 1 rings (SSSR count). The van der Waals surface area contributed by atoms with Crippen molar-refractivity contribution in [1.29, 1.82) is 0 Å². The second-order valence-corrected chi connectivity index (χ2v) is 6.17. The van der Waals surface area contributed by atoms with Gasteiger partial charge in [0.25, 0.3) is 0 Å². The summed E-state index contributed by atoms with van der Waals surface area (Å²) < 4.78 is 0. The first-order chi connectivity index (χ1) is 9.57. The Labute approximate surface area is 125 Å². The molecule has 2 unspecified atom stereocenters. The maximum Gasteiger partial charge on any atom is 0.0848 e. The van der Waals surface area contributed by atoms with Crippen molar-refractivity contribution in [2.45, 2.75) is 91.0 Å². The van der Waals surface area contributed by atoms with Gasteiger partial charge in [0.15, 0.2) is 0 Å². The van der Waals surface area contributed by atoms with Crippen LogP contribution >= 0.6 is 0 Å². The highest BCUT2D eigenvalue weighted by Crippen LogP contribution is 2.08. The molecule has 0 aromatic carbocycles. The number of carbonyl (C=O) groups is 1. The van der Waals surface area contributed by atoms with Crippen LogP contribution < -0.4 is 10.0 Å². The summed E-state index contributed by atoms with van der Waals surface area (Å²) in [5.41, 5.74) is 0. The summed E-state index contributed by atoms with van der Waals surface area (Å²) in [6, 6.07) is 0.949. The molecule has 0 spiro atoms. The van der Waals surface area contributed by atoms with Gasteiger partial charge in [-0.2, -0.15) is 0 Å². The van der Waals surface area contributed by atoms with Gasteiger partial charge in [0.2, 0.25) is 0 Å². The van der Waals surface area contributed by atoms with Crippen molar-refractivity contribution in [2.24, 2.45) is 0 Å². The molecular formula is C17H35NO2. The molecule has 0 aliphatic carbocycles. The van der Waals surface area contributed by atoms with E-state index in [2.05, 4.69) is 13.8 Å². The number of likely N-dealkylation sites (tertiary alicyclic amines) is 1. The van der Waals surface area contributed by atoms with E-state index in [1.807, 2.05) is 4.90 Å². The highest BCUT2D eigenvalue weighted by molar-refractivity contribution is 5.60. The number of unbranched alkanes of at least 4 members (excludes halogenated alkanes) is 7. The number of carbonyl (C=O) groups excluding carboxylic acids is 1. The van der Waals surface area contributed by atoms with Gasteiger partial charge in [0.05, 0.1) is 19.1 Å². The molecule has 20 heavy (non-hydrogen) atoms. The zero-order valence-electron chi connectivity index (χ0n) is 13.9. The fraction of sp³-hybridized carbons (Fsp3) is 0.941. The summed E-state index contributed by atoms with van der Waals surface area (Å²) in [5, 5.41) is 8.89. The predicted molar refractivity (Wildman–Crippen MR) is 82.7 cm³/mol. The quantitative estimate of drug-likeness (QED) is 0.658. The van der Waals surface area contributed by atoms with Crippen LogP contribution in [0.15, 0.2) is 0 Å². The molecule has 120 valence electrons. The molecule has 2 atom stereocenters. The minimum Gasteiger partial charge on any atom is -0.550 e. The van der Waals surface area contributed by atoms with E-state index in [0.717, 1.165) is 13.0 Å². The number of carboxylic acids is 1. The van der Waals surface area contributed by atoms with Gasteiger partial charge in [-0.05, 0) is 26.7 Å². The SMILES string of the molecule is CC(=O)[O-].CCCCCCCCCC[NH+]1CCCC1C. The average molecular weight is 285 g/mol. The third-order valence-electron chi connectivity index (χ3n) is 4.18. The summed E-state index contributed by atoms with van der Waals surface area (Å²) in [4.78, 5) is 10.8. The van der Waals surface area contributed by atoms with Crippen LogP contribution in [0, 0.1) is 0 Å². The minimum absolute atomic E-state index is 0.949. The second kappa shape index (κ2) is 13.4. The standard InChI is InChI=1S/C15H31N.C2H4O2/c1-3-4-5-6-7-8-9-10-13-16-14-11-12-15(16)2;1-2(3)4/h15H,3-14H2,1-2H3;1H3,(H,3,4). The van der Waals surface area contributed by atoms with Crippen LogP contribution in [0.25, 0.3) is 0 Å². The molecule has 0 saturated carbocycles. The van der Waals surface area contributed by atoms with Gasteiger partial charge in [-0.25, -0.2) is 0 Å². The Morgan fingerprint density at radius 2 is 1.60 bits per heavy atom. The summed E-state index contributed by atoms with van der Waals surface area (Å²) in [7, 11) is 0. The third-order valence-corrected chi connectivity index (χ3v) is 4.18.